The highest BCUT2D eigenvalue weighted by Gasteiger charge is 2.16. The topological polar surface area (TPSA) is 72.5 Å². The average molecular weight is 209 g/mol. The van der Waals surface area contributed by atoms with Gasteiger partial charge in [-0.3, -0.25) is 4.79 Å². The van der Waals surface area contributed by atoms with E-state index in [1.54, 1.807) is 19.2 Å². The molecule has 0 heterocycles. The van der Waals surface area contributed by atoms with Crippen LogP contribution in [0.15, 0.2) is 12.1 Å². The number of carboxylic acid groups (broad SMARTS) is 1. The molecule has 0 saturated carbocycles. The van der Waals surface area contributed by atoms with Crippen molar-refractivity contribution in [2.24, 2.45) is 5.73 Å². The summed E-state index contributed by atoms with van der Waals surface area (Å²) in [5.74, 6) is -0.254. The lowest BCUT2D eigenvalue weighted by Crippen LogP contribution is -2.20. The van der Waals surface area contributed by atoms with Crippen LogP contribution in [-0.4, -0.2) is 18.2 Å². The van der Waals surface area contributed by atoms with E-state index >= 15 is 0 Å². The van der Waals surface area contributed by atoms with Gasteiger partial charge in [0.05, 0.1) is 7.11 Å². The van der Waals surface area contributed by atoms with Crippen LogP contribution in [-0.2, 0) is 4.79 Å². The van der Waals surface area contributed by atoms with Crippen molar-refractivity contribution >= 4 is 5.97 Å². The maximum absolute atomic E-state index is 10.7. The highest BCUT2D eigenvalue weighted by atomic mass is 16.5. The zero-order chi connectivity index (χ0) is 11.6. The summed E-state index contributed by atoms with van der Waals surface area (Å²) in [5, 5.41) is 8.79. The highest BCUT2D eigenvalue weighted by Crippen LogP contribution is 2.26. The monoisotopic (exact) mass is 209 g/mol. The Morgan fingerprint density at radius 1 is 1.40 bits per heavy atom. The van der Waals surface area contributed by atoms with Crippen LogP contribution in [0.1, 0.15) is 22.7 Å². The lowest BCUT2D eigenvalue weighted by Gasteiger charge is -2.13. The Morgan fingerprint density at radius 2 is 1.87 bits per heavy atom. The summed E-state index contributed by atoms with van der Waals surface area (Å²) in [6.45, 7) is 3.73. The van der Waals surface area contributed by atoms with E-state index in [0.29, 0.717) is 5.56 Å². The Hall–Kier alpha value is -1.55. The summed E-state index contributed by atoms with van der Waals surface area (Å²) in [4.78, 5) is 10.7. The SMILES string of the molecule is COc1c(C)cc(C(N)C(=O)O)cc1C. The van der Waals surface area contributed by atoms with E-state index in [9.17, 15) is 4.79 Å². The first-order valence-electron chi connectivity index (χ1n) is 4.61. The van der Waals surface area contributed by atoms with Gasteiger partial charge in [0.15, 0.2) is 0 Å². The lowest BCUT2D eigenvalue weighted by atomic mass is 10.0. The third-order valence-electron chi connectivity index (χ3n) is 2.31. The Morgan fingerprint density at radius 3 is 2.20 bits per heavy atom. The van der Waals surface area contributed by atoms with E-state index in [-0.39, 0.29) is 0 Å². The summed E-state index contributed by atoms with van der Waals surface area (Å²) < 4.78 is 5.18. The van der Waals surface area contributed by atoms with Crippen LogP contribution in [0.25, 0.3) is 0 Å². The molecule has 4 nitrogen and oxygen atoms in total. The van der Waals surface area contributed by atoms with Gasteiger partial charge in [-0.1, -0.05) is 12.1 Å². The normalized spacial score (nSPS) is 12.3. The molecule has 0 amide bonds. The molecule has 1 unspecified atom stereocenters. The molecule has 1 aromatic rings. The summed E-state index contributed by atoms with van der Waals surface area (Å²) >= 11 is 0. The number of hydrogen-bond acceptors (Lipinski definition) is 3. The van der Waals surface area contributed by atoms with Gasteiger partial charge in [-0.25, -0.2) is 0 Å². The van der Waals surface area contributed by atoms with Crippen molar-refractivity contribution in [1.29, 1.82) is 0 Å². The number of aliphatic carboxylic acids is 1. The third kappa shape index (κ3) is 2.27. The molecule has 1 rings (SSSR count). The summed E-state index contributed by atoms with van der Waals surface area (Å²) in [5.41, 5.74) is 7.91. The van der Waals surface area contributed by atoms with Crippen molar-refractivity contribution in [2.75, 3.05) is 7.11 Å². The second-order valence-electron chi connectivity index (χ2n) is 3.50. The maximum atomic E-state index is 10.7. The number of hydrogen-bond donors (Lipinski definition) is 2. The van der Waals surface area contributed by atoms with Gasteiger partial charge in [0, 0.05) is 0 Å². The van der Waals surface area contributed by atoms with Crippen molar-refractivity contribution in [3.63, 3.8) is 0 Å². The van der Waals surface area contributed by atoms with Crippen LogP contribution >= 0.6 is 0 Å². The number of carbonyl (C=O) groups is 1. The first-order chi connectivity index (χ1) is 6.97. The van der Waals surface area contributed by atoms with E-state index in [1.165, 1.54) is 0 Å². The van der Waals surface area contributed by atoms with Gasteiger partial charge in [0.1, 0.15) is 11.8 Å². The predicted octanol–water partition coefficient (Wildman–Crippen LogP) is 1.40. The Balaban J connectivity index is 3.19. The number of nitrogens with two attached hydrogens (primary N) is 1. The molecular formula is C11H15NO3. The quantitative estimate of drug-likeness (QED) is 0.789. The lowest BCUT2D eigenvalue weighted by molar-refractivity contribution is -0.138. The van der Waals surface area contributed by atoms with Crippen molar-refractivity contribution < 1.29 is 14.6 Å². The van der Waals surface area contributed by atoms with Crippen LogP contribution in [0.3, 0.4) is 0 Å². The highest BCUT2D eigenvalue weighted by molar-refractivity contribution is 5.75. The van der Waals surface area contributed by atoms with Gasteiger partial charge in [0.2, 0.25) is 0 Å². The minimum Gasteiger partial charge on any atom is -0.496 e. The van der Waals surface area contributed by atoms with Gasteiger partial charge in [-0.2, -0.15) is 0 Å². The number of rotatable bonds is 3. The second kappa shape index (κ2) is 4.31. The minimum atomic E-state index is -1.03. The molecule has 4 heteroatoms. The Labute approximate surface area is 88.7 Å². The molecule has 15 heavy (non-hydrogen) atoms. The molecule has 1 atom stereocenters. The van der Waals surface area contributed by atoms with Crippen molar-refractivity contribution in [3.05, 3.63) is 28.8 Å². The minimum absolute atomic E-state index is 0.596. The maximum Gasteiger partial charge on any atom is 0.325 e. The van der Waals surface area contributed by atoms with Gasteiger partial charge >= 0.3 is 5.97 Å². The molecule has 1 aromatic carbocycles. The zero-order valence-electron chi connectivity index (χ0n) is 9.07. The number of carboxylic acids is 1. The first kappa shape index (κ1) is 11.5. The largest absolute Gasteiger partial charge is 0.496 e. The number of methoxy groups -OCH3 is 1. The molecule has 0 aliphatic rings. The smallest absolute Gasteiger partial charge is 0.325 e. The fourth-order valence-corrected chi connectivity index (χ4v) is 1.63. The molecule has 3 N–H and O–H groups in total. The first-order valence-corrected chi connectivity index (χ1v) is 4.61. The van der Waals surface area contributed by atoms with E-state index in [2.05, 4.69) is 0 Å². The molecule has 0 fully saturated rings. The Bertz CT molecular complexity index is 364. The molecule has 0 spiro atoms. The van der Waals surface area contributed by atoms with Gasteiger partial charge < -0.3 is 15.6 Å². The molecule has 0 bridgehead atoms. The zero-order valence-corrected chi connectivity index (χ0v) is 9.07. The number of ether oxygens (including phenoxy) is 1. The molecule has 0 aliphatic heterocycles. The van der Waals surface area contributed by atoms with Crippen molar-refractivity contribution in [2.45, 2.75) is 19.9 Å². The van der Waals surface area contributed by atoms with Crippen molar-refractivity contribution in [3.8, 4) is 5.75 Å². The van der Waals surface area contributed by atoms with E-state index in [1.807, 2.05) is 13.8 Å². The standard InChI is InChI=1S/C11H15NO3/c1-6-4-8(9(12)11(13)14)5-7(2)10(6)15-3/h4-5,9H,12H2,1-3H3,(H,13,14). The van der Waals surface area contributed by atoms with Gasteiger partial charge in [-0.05, 0) is 30.5 Å². The van der Waals surface area contributed by atoms with Gasteiger partial charge in [0.25, 0.3) is 0 Å². The molecular weight excluding hydrogens is 194 g/mol. The third-order valence-corrected chi connectivity index (χ3v) is 2.31. The number of aryl methyl sites for hydroxylation is 2. The molecule has 0 saturated heterocycles. The van der Waals surface area contributed by atoms with Crippen LogP contribution in [0.5, 0.6) is 5.75 Å². The summed E-state index contributed by atoms with van der Waals surface area (Å²) in [6.07, 6.45) is 0. The number of benzene rings is 1. The van der Waals surface area contributed by atoms with Crippen LogP contribution in [0.4, 0.5) is 0 Å². The van der Waals surface area contributed by atoms with E-state index in [0.717, 1.165) is 16.9 Å². The van der Waals surface area contributed by atoms with E-state index < -0.39 is 12.0 Å². The summed E-state index contributed by atoms with van der Waals surface area (Å²) in [7, 11) is 1.59. The Kier molecular flexibility index (Phi) is 3.31. The fraction of sp³-hybridized carbons (Fsp3) is 0.364. The van der Waals surface area contributed by atoms with Crippen LogP contribution in [0, 0.1) is 13.8 Å². The fourth-order valence-electron chi connectivity index (χ4n) is 1.63. The van der Waals surface area contributed by atoms with E-state index in [4.69, 9.17) is 15.6 Å². The van der Waals surface area contributed by atoms with Crippen LogP contribution < -0.4 is 10.5 Å². The molecule has 0 radical (unpaired) electrons. The molecule has 0 aliphatic carbocycles. The predicted molar refractivity (Wildman–Crippen MR) is 57.0 cm³/mol. The van der Waals surface area contributed by atoms with Crippen molar-refractivity contribution in [1.82, 2.24) is 0 Å². The molecule has 82 valence electrons. The summed E-state index contributed by atoms with van der Waals surface area (Å²) in [6, 6.07) is 2.50. The molecule has 0 aromatic heterocycles. The van der Waals surface area contributed by atoms with Crippen LogP contribution in [0.2, 0.25) is 0 Å². The van der Waals surface area contributed by atoms with Gasteiger partial charge in [-0.15, -0.1) is 0 Å². The second-order valence-corrected chi connectivity index (χ2v) is 3.50. The average Bonchev–Trinajstić information content (AvgIpc) is 2.15.